The number of halogens is 1. The molecule has 3 nitrogen and oxygen atoms in total. The Bertz CT molecular complexity index is 350. The Morgan fingerprint density at radius 1 is 1.56 bits per heavy atom. The number of nitrogens with zero attached hydrogens (tertiary/aromatic N) is 1. The zero-order valence-electron chi connectivity index (χ0n) is 9.41. The first kappa shape index (κ1) is 11.7. The van der Waals surface area contributed by atoms with Crippen LogP contribution in [0.3, 0.4) is 0 Å². The van der Waals surface area contributed by atoms with Crippen LogP contribution in [0.2, 0.25) is 5.02 Å². The number of phenols is 1. The van der Waals surface area contributed by atoms with Gasteiger partial charge in [0.25, 0.3) is 0 Å². The molecule has 0 spiro atoms. The molecule has 88 valence electrons. The van der Waals surface area contributed by atoms with Crippen LogP contribution in [0.25, 0.3) is 0 Å². The monoisotopic (exact) mass is 240 g/mol. The maximum atomic E-state index is 9.68. The number of hydrogen-bond donors (Lipinski definition) is 2. The fourth-order valence-electron chi connectivity index (χ4n) is 2.07. The van der Waals surface area contributed by atoms with Gasteiger partial charge in [-0.05, 0) is 32.1 Å². The minimum absolute atomic E-state index is 0.270. The van der Waals surface area contributed by atoms with Crippen LogP contribution in [0.4, 0.5) is 0 Å². The Kier molecular flexibility index (Phi) is 3.69. The maximum Gasteiger partial charge on any atom is 0.121 e. The zero-order chi connectivity index (χ0) is 11.5. The molecule has 1 saturated heterocycles. The van der Waals surface area contributed by atoms with E-state index < -0.39 is 0 Å². The van der Waals surface area contributed by atoms with E-state index in [1.807, 2.05) is 0 Å². The summed E-state index contributed by atoms with van der Waals surface area (Å²) in [5.74, 6) is 0.270. The van der Waals surface area contributed by atoms with Crippen molar-refractivity contribution in [1.29, 1.82) is 0 Å². The highest BCUT2D eigenvalue weighted by Gasteiger charge is 2.19. The molecule has 0 saturated carbocycles. The van der Waals surface area contributed by atoms with Gasteiger partial charge in [0.2, 0.25) is 0 Å². The van der Waals surface area contributed by atoms with Crippen molar-refractivity contribution in [3.8, 4) is 5.75 Å². The lowest BCUT2D eigenvalue weighted by Gasteiger charge is -2.14. The third kappa shape index (κ3) is 2.67. The predicted octanol–water partition coefficient (Wildman–Crippen LogP) is 1.84. The largest absolute Gasteiger partial charge is 0.508 e. The van der Waals surface area contributed by atoms with Gasteiger partial charge in [-0.2, -0.15) is 0 Å². The Balaban J connectivity index is 1.94. The van der Waals surface area contributed by atoms with Crippen LogP contribution < -0.4 is 5.32 Å². The number of likely N-dealkylation sites (N-methyl/N-ethyl adjacent to an activating group) is 1. The fraction of sp³-hybridized carbons (Fsp3) is 0.500. The molecular formula is C12H17ClN2O. The normalized spacial score (nSPS) is 21.5. The first-order valence-electron chi connectivity index (χ1n) is 5.55. The molecule has 1 aliphatic heterocycles. The maximum absolute atomic E-state index is 9.68. The summed E-state index contributed by atoms with van der Waals surface area (Å²) in [6.45, 7) is 2.82. The van der Waals surface area contributed by atoms with Gasteiger partial charge in [0.1, 0.15) is 5.75 Å². The van der Waals surface area contributed by atoms with E-state index in [4.69, 9.17) is 11.6 Å². The summed E-state index contributed by atoms with van der Waals surface area (Å²) in [6.07, 6.45) is 1.15. The lowest BCUT2D eigenvalue weighted by atomic mass is 10.2. The number of benzene rings is 1. The van der Waals surface area contributed by atoms with Gasteiger partial charge in [0.15, 0.2) is 0 Å². The molecular weight excluding hydrogens is 224 g/mol. The van der Waals surface area contributed by atoms with Gasteiger partial charge < -0.3 is 15.3 Å². The summed E-state index contributed by atoms with van der Waals surface area (Å²) in [4.78, 5) is 2.30. The predicted molar refractivity (Wildman–Crippen MR) is 65.9 cm³/mol. The molecule has 16 heavy (non-hydrogen) atoms. The highest BCUT2D eigenvalue weighted by Crippen LogP contribution is 2.25. The molecule has 4 heteroatoms. The molecule has 0 radical (unpaired) electrons. The fourth-order valence-corrected chi connectivity index (χ4v) is 2.31. The first-order valence-corrected chi connectivity index (χ1v) is 5.93. The van der Waals surface area contributed by atoms with E-state index in [0.717, 1.165) is 25.1 Å². The van der Waals surface area contributed by atoms with E-state index in [1.165, 1.54) is 0 Å². The standard InChI is InChI=1S/C12H17ClN2O/c1-15-6-5-9(8-15)14-7-10-11(13)3-2-4-12(10)16/h2-4,9,14,16H,5-8H2,1H3. The molecule has 1 fully saturated rings. The first-order chi connectivity index (χ1) is 7.66. The number of likely N-dealkylation sites (tertiary alicyclic amines) is 1. The summed E-state index contributed by atoms with van der Waals surface area (Å²) in [5.41, 5.74) is 0.790. The van der Waals surface area contributed by atoms with Crippen LogP contribution in [0.15, 0.2) is 18.2 Å². The van der Waals surface area contributed by atoms with Crippen LogP contribution in [0.5, 0.6) is 5.75 Å². The van der Waals surface area contributed by atoms with Gasteiger partial charge in [-0.3, -0.25) is 0 Å². The summed E-state index contributed by atoms with van der Waals surface area (Å²) in [6, 6.07) is 5.73. The van der Waals surface area contributed by atoms with Crippen LogP contribution in [-0.2, 0) is 6.54 Å². The summed E-state index contributed by atoms with van der Waals surface area (Å²) < 4.78 is 0. The molecule has 1 aromatic rings. The van der Waals surface area contributed by atoms with Crippen molar-refractivity contribution in [1.82, 2.24) is 10.2 Å². The summed E-state index contributed by atoms with van der Waals surface area (Å²) >= 11 is 6.03. The van der Waals surface area contributed by atoms with Crippen LogP contribution in [-0.4, -0.2) is 36.2 Å². The average molecular weight is 241 g/mol. The average Bonchev–Trinajstić information content (AvgIpc) is 2.63. The van der Waals surface area contributed by atoms with Crippen LogP contribution in [0.1, 0.15) is 12.0 Å². The molecule has 0 aliphatic carbocycles. The SMILES string of the molecule is CN1CCC(NCc2c(O)cccc2Cl)C1. The van der Waals surface area contributed by atoms with Crippen molar-refractivity contribution >= 4 is 11.6 Å². The molecule has 1 unspecified atom stereocenters. The Morgan fingerprint density at radius 2 is 2.38 bits per heavy atom. The van der Waals surface area contributed by atoms with E-state index in [1.54, 1.807) is 18.2 Å². The zero-order valence-corrected chi connectivity index (χ0v) is 10.2. The molecule has 1 aliphatic rings. The van der Waals surface area contributed by atoms with Crippen molar-refractivity contribution in [2.24, 2.45) is 0 Å². The summed E-state index contributed by atoms with van der Waals surface area (Å²) in [7, 11) is 2.12. The molecule has 0 bridgehead atoms. The van der Waals surface area contributed by atoms with Crippen molar-refractivity contribution in [2.45, 2.75) is 19.0 Å². The van der Waals surface area contributed by atoms with Gasteiger partial charge in [0.05, 0.1) is 0 Å². The van der Waals surface area contributed by atoms with E-state index in [-0.39, 0.29) is 5.75 Å². The second-order valence-electron chi connectivity index (χ2n) is 4.37. The molecule has 1 heterocycles. The number of phenolic OH excluding ortho intramolecular Hbond substituents is 1. The van der Waals surface area contributed by atoms with Gasteiger partial charge in [-0.15, -0.1) is 0 Å². The van der Waals surface area contributed by atoms with Crippen molar-refractivity contribution in [3.05, 3.63) is 28.8 Å². The van der Waals surface area contributed by atoms with E-state index in [2.05, 4.69) is 17.3 Å². The van der Waals surface area contributed by atoms with Gasteiger partial charge in [-0.25, -0.2) is 0 Å². The molecule has 1 aromatic carbocycles. The molecule has 1 atom stereocenters. The lowest BCUT2D eigenvalue weighted by molar-refractivity contribution is 0.396. The smallest absolute Gasteiger partial charge is 0.121 e. The number of hydrogen-bond acceptors (Lipinski definition) is 3. The van der Waals surface area contributed by atoms with Crippen molar-refractivity contribution in [2.75, 3.05) is 20.1 Å². The van der Waals surface area contributed by atoms with Gasteiger partial charge in [0, 0.05) is 29.7 Å². The minimum atomic E-state index is 0.270. The highest BCUT2D eigenvalue weighted by atomic mass is 35.5. The molecule has 0 aromatic heterocycles. The number of nitrogens with one attached hydrogen (secondary N) is 1. The third-order valence-electron chi connectivity index (χ3n) is 3.05. The molecule has 2 rings (SSSR count). The van der Waals surface area contributed by atoms with Crippen LogP contribution >= 0.6 is 11.6 Å². The lowest BCUT2D eigenvalue weighted by Crippen LogP contribution is -2.31. The Hall–Kier alpha value is -0.770. The minimum Gasteiger partial charge on any atom is -0.508 e. The quantitative estimate of drug-likeness (QED) is 0.847. The highest BCUT2D eigenvalue weighted by molar-refractivity contribution is 6.31. The Morgan fingerprint density at radius 3 is 3.00 bits per heavy atom. The summed E-state index contributed by atoms with van der Waals surface area (Å²) in [5, 5.41) is 13.7. The van der Waals surface area contributed by atoms with Gasteiger partial charge in [-0.1, -0.05) is 17.7 Å². The molecule has 2 N–H and O–H groups in total. The van der Waals surface area contributed by atoms with Crippen molar-refractivity contribution < 1.29 is 5.11 Å². The second kappa shape index (κ2) is 5.04. The van der Waals surface area contributed by atoms with Crippen LogP contribution in [0, 0.1) is 0 Å². The Labute approximate surface area is 101 Å². The van der Waals surface area contributed by atoms with E-state index >= 15 is 0 Å². The second-order valence-corrected chi connectivity index (χ2v) is 4.77. The topological polar surface area (TPSA) is 35.5 Å². The van der Waals surface area contributed by atoms with Gasteiger partial charge >= 0.3 is 0 Å². The van der Waals surface area contributed by atoms with Crippen molar-refractivity contribution in [3.63, 3.8) is 0 Å². The molecule has 0 amide bonds. The van der Waals surface area contributed by atoms with E-state index in [9.17, 15) is 5.11 Å². The number of rotatable bonds is 3. The van der Waals surface area contributed by atoms with E-state index in [0.29, 0.717) is 17.6 Å². The third-order valence-corrected chi connectivity index (χ3v) is 3.41. The number of aromatic hydroxyl groups is 1.